The van der Waals surface area contributed by atoms with E-state index in [2.05, 4.69) is 26.2 Å². The first kappa shape index (κ1) is 12.3. The summed E-state index contributed by atoms with van der Waals surface area (Å²) < 4.78 is 1.92. The van der Waals surface area contributed by atoms with Gasteiger partial charge in [-0.25, -0.2) is 4.68 Å². The second-order valence-electron chi connectivity index (χ2n) is 3.58. The second-order valence-corrected chi connectivity index (χ2v) is 4.77. The molecule has 2 aromatic rings. The fourth-order valence-electron chi connectivity index (χ4n) is 1.54. The van der Waals surface area contributed by atoms with Crippen LogP contribution < -0.4 is 0 Å². The zero-order valence-corrected chi connectivity index (χ0v) is 11.4. The van der Waals surface area contributed by atoms with Crippen LogP contribution in [0.5, 0.6) is 0 Å². The molecule has 0 radical (unpaired) electrons. The molecule has 1 heterocycles. The maximum absolute atomic E-state index is 12.1. The zero-order chi connectivity index (χ0) is 12.4. The van der Waals surface area contributed by atoms with Gasteiger partial charge in [-0.3, -0.25) is 4.79 Å². The fraction of sp³-hybridized carbons (Fsp3) is 0.182. The van der Waals surface area contributed by atoms with Crippen molar-refractivity contribution in [3.8, 4) is 0 Å². The van der Waals surface area contributed by atoms with Crippen molar-refractivity contribution < 1.29 is 4.79 Å². The van der Waals surface area contributed by atoms with Gasteiger partial charge in [-0.1, -0.05) is 28.9 Å². The van der Waals surface area contributed by atoms with Crippen molar-refractivity contribution in [2.24, 2.45) is 7.05 Å². The Morgan fingerprint density at radius 1 is 1.53 bits per heavy atom. The third-order valence-electron chi connectivity index (χ3n) is 2.30. The Bertz CT molecular complexity index is 548. The summed E-state index contributed by atoms with van der Waals surface area (Å²) in [5.41, 5.74) is 1.33. The van der Waals surface area contributed by atoms with Crippen LogP contribution in [0.25, 0.3) is 0 Å². The van der Waals surface area contributed by atoms with Gasteiger partial charge in [0, 0.05) is 18.5 Å². The first-order chi connectivity index (χ1) is 8.08. The number of hydrogen-bond donors (Lipinski definition) is 0. The van der Waals surface area contributed by atoms with Gasteiger partial charge in [0.1, 0.15) is 5.69 Å². The van der Waals surface area contributed by atoms with Crippen molar-refractivity contribution in [2.75, 3.05) is 0 Å². The second kappa shape index (κ2) is 4.98. The highest BCUT2D eigenvalue weighted by atomic mass is 79.9. The van der Waals surface area contributed by atoms with Crippen LogP contribution >= 0.6 is 27.5 Å². The topological polar surface area (TPSA) is 47.8 Å². The minimum absolute atomic E-state index is 0.0494. The molecule has 4 nitrogen and oxygen atoms in total. The zero-order valence-electron chi connectivity index (χ0n) is 9.02. The highest BCUT2D eigenvalue weighted by Gasteiger charge is 2.17. The summed E-state index contributed by atoms with van der Waals surface area (Å²) in [6.45, 7) is 0. The summed E-state index contributed by atoms with van der Waals surface area (Å²) >= 11 is 9.07. The number of ketones is 1. The van der Waals surface area contributed by atoms with Gasteiger partial charge in [-0.05, 0) is 33.6 Å². The van der Waals surface area contributed by atoms with E-state index >= 15 is 0 Å². The molecule has 0 saturated carbocycles. The number of Topliss-reactive ketones (excluding diaryl/α,β-unsaturated/α-hetero) is 1. The Morgan fingerprint density at radius 2 is 2.29 bits per heavy atom. The first-order valence-corrected chi connectivity index (χ1v) is 6.08. The SMILES string of the molecule is Cn1nnc(Br)c1C(=O)Cc1cccc(Cl)c1. The highest BCUT2D eigenvalue weighted by molar-refractivity contribution is 9.10. The molecule has 88 valence electrons. The number of rotatable bonds is 3. The average Bonchev–Trinajstić information content (AvgIpc) is 2.58. The molecule has 0 unspecified atom stereocenters. The Balaban J connectivity index is 2.23. The van der Waals surface area contributed by atoms with Crippen LogP contribution in [0.3, 0.4) is 0 Å². The van der Waals surface area contributed by atoms with Crippen LogP contribution in [0, 0.1) is 0 Å². The molecule has 6 heteroatoms. The molecule has 0 fully saturated rings. The van der Waals surface area contributed by atoms with Crippen molar-refractivity contribution in [2.45, 2.75) is 6.42 Å². The molecule has 2 rings (SSSR count). The van der Waals surface area contributed by atoms with E-state index in [1.807, 2.05) is 12.1 Å². The smallest absolute Gasteiger partial charge is 0.188 e. The van der Waals surface area contributed by atoms with Crippen molar-refractivity contribution >= 4 is 33.3 Å². The van der Waals surface area contributed by atoms with E-state index in [1.165, 1.54) is 4.68 Å². The fourth-order valence-corrected chi connectivity index (χ4v) is 2.31. The quantitative estimate of drug-likeness (QED) is 0.818. The van der Waals surface area contributed by atoms with E-state index in [0.29, 0.717) is 15.3 Å². The average molecular weight is 315 g/mol. The summed E-state index contributed by atoms with van der Waals surface area (Å²) in [7, 11) is 1.68. The molecule has 0 bridgehead atoms. The van der Waals surface area contributed by atoms with Crippen LogP contribution in [0.1, 0.15) is 16.1 Å². The molecule has 0 saturated heterocycles. The molecular formula is C11H9BrClN3O. The number of benzene rings is 1. The van der Waals surface area contributed by atoms with E-state index in [-0.39, 0.29) is 12.2 Å². The van der Waals surface area contributed by atoms with Gasteiger partial charge in [-0.15, -0.1) is 5.10 Å². The van der Waals surface area contributed by atoms with Gasteiger partial charge in [0.25, 0.3) is 0 Å². The Morgan fingerprint density at radius 3 is 2.88 bits per heavy atom. The number of aromatic nitrogens is 3. The molecule has 0 aliphatic heterocycles. The lowest BCUT2D eigenvalue weighted by atomic mass is 10.1. The third-order valence-corrected chi connectivity index (χ3v) is 3.07. The molecule has 0 amide bonds. The predicted octanol–water partition coefficient (Wildman–Crippen LogP) is 2.66. The maximum atomic E-state index is 12.1. The van der Waals surface area contributed by atoms with Crippen molar-refractivity contribution in [3.63, 3.8) is 0 Å². The minimum Gasteiger partial charge on any atom is -0.292 e. The summed E-state index contributed by atoms with van der Waals surface area (Å²) in [6, 6.07) is 7.23. The van der Waals surface area contributed by atoms with Crippen LogP contribution in [0.2, 0.25) is 5.02 Å². The van der Waals surface area contributed by atoms with Crippen LogP contribution in [-0.2, 0) is 13.5 Å². The van der Waals surface area contributed by atoms with Gasteiger partial charge in [0.2, 0.25) is 0 Å². The summed E-state index contributed by atoms with van der Waals surface area (Å²) in [5, 5.41) is 8.17. The highest BCUT2D eigenvalue weighted by Crippen LogP contribution is 2.16. The number of halogens is 2. The van der Waals surface area contributed by atoms with Gasteiger partial charge in [0.05, 0.1) is 0 Å². The molecule has 0 aliphatic rings. The number of carbonyl (C=O) groups is 1. The van der Waals surface area contributed by atoms with Gasteiger partial charge >= 0.3 is 0 Å². The Labute approximate surface area is 112 Å². The Kier molecular flexibility index (Phi) is 3.59. The van der Waals surface area contributed by atoms with E-state index in [0.717, 1.165) is 5.56 Å². The van der Waals surface area contributed by atoms with Crippen molar-refractivity contribution in [3.05, 3.63) is 45.1 Å². The van der Waals surface area contributed by atoms with Crippen molar-refractivity contribution in [1.29, 1.82) is 0 Å². The van der Waals surface area contributed by atoms with Crippen LogP contribution in [0.4, 0.5) is 0 Å². The molecule has 0 spiro atoms. The van der Waals surface area contributed by atoms with E-state index in [9.17, 15) is 4.79 Å². The maximum Gasteiger partial charge on any atom is 0.188 e. The lowest BCUT2D eigenvalue weighted by molar-refractivity contribution is 0.0983. The van der Waals surface area contributed by atoms with Crippen LogP contribution in [0.15, 0.2) is 28.9 Å². The van der Waals surface area contributed by atoms with Gasteiger partial charge in [0.15, 0.2) is 10.4 Å². The molecule has 1 aromatic carbocycles. The van der Waals surface area contributed by atoms with E-state index in [1.54, 1.807) is 19.2 Å². The molecule has 1 aromatic heterocycles. The van der Waals surface area contributed by atoms with Gasteiger partial charge < -0.3 is 0 Å². The molecule has 0 N–H and O–H groups in total. The number of nitrogens with zero attached hydrogens (tertiary/aromatic N) is 3. The lowest BCUT2D eigenvalue weighted by Crippen LogP contribution is -2.10. The number of aryl methyl sites for hydroxylation is 1. The molecule has 0 aliphatic carbocycles. The molecule has 17 heavy (non-hydrogen) atoms. The monoisotopic (exact) mass is 313 g/mol. The van der Waals surface area contributed by atoms with Crippen molar-refractivity contribution in [1.82, 2.24) is 15.0 Å². The van der Waals surface area contributed by atoms with Gasteiger partial charge in [-0.2, -0.15) is 0 Å². The molecular weight excluding hydrogens is 305 g/mol. The van der Waals surface area contributed by atoms with E-state index < -0.39 is 0 Å². The summed E-state index contributed by atoms with van der Waals surface area (Å²) in [5.74, 6) is -0.0494. The minimum atomic E-state index is -0.0494. The standard InChI is InChI=1S/C11H9BrClN3O/c1-16-10(11(12)14-15-16)9(17)6-7-3-2-4-8(13)5-7/h2-5H,6H2,1H3. The largest absolute Gasteiger partial charge is 0.292 e. The molecule has 0 atom stereocenters. The number of carbonyl (C=O) groups excluding carboxylic acids is 1. The summed E-state index contributed by atoms with van der Waals surface area (Å²) in [6.07, 6.45) is 0.278. The van der Waals surface area contributed by atoms with E-state index in [4.69, 9.17) is 11.6 Å². The normalized spacial score (nSPS) is 10.5. The predicted molar refractivity (Wildman–Crippen MR) is 68.2 cm³/mol. The first-order valence-electron chi connectivity index (χ1n) is 4.90. The lowest BCUT2D eigenvalue weighted by Gasteiger charge is -2.02. The summed E-state index contributed by atoms with van der Waals surface area (Å²) in [4.78, 5) is 12.1. The Hall–Kier alpha value is -1.20. The number of hydrogen-bond acceptors (Lipinski definition) is 3. The third kappa shape index (κ3) is 2.73. The van der Waals surface area contributed by atoms with Crippen LogP contribution in [-0.4, -0.2) is 20.8 Å².